The number of carbonyl (C=O) groups is 1. The van der Waals surface area contributed by atoms with Gasteiger partial charge in [0.1, 0.15) is 6.10 Å². The largest absolute Gasteiger partial charge is 0.389 e. The van der Waals surface area contributed by atoms with Crippen molar-refractivity contribution in [2.75, 3.05) is 11.1 Å². The quantitative estimate of drug-likeness (QED) is 0.603. The third-order valence-corrected chi connectivity index (χ3v) is 3.33. The molecule has 0 aliphatic heterocycles. The lowest BCUT2D eigenvalue weighted by atomic mass is 10.0. The molecule has 5 nitrogen and oxygen atoms in total. The van der Waals surface area contributed by atoms with Gasteiger partial charge in [-0.2, -0.15) is 0 Å². The van der Waals surface area contributed by atoms with Crippen LogP contribution >= 0.6 is 24.0 Å². The summed E-state index contributed by atoms with van der Waals surface area (Å²) in [7, 11) is 0. The number of anilines is 1. The predicted molar refractivity (Wildman–Crippen MR) is 81.0 cm³/mol. The molecule has 19 heavy (non-hydrogen) atoms. The minimum Gasteiger partial charge on any atom is -0.389 e. The summed E-state index contributed by atoms with van der Waals surface area (Å²) in [5.74, 6) is 0.142. The minimum atomic E-state index is -1.07. The number of nitrogens with one attached hydrogen (secondary N) is 1. The number of hydrogen-bond donors (Lipinski definition) is 4. The predicted octanol–water partition coefficient (Wildman–Crippen LogP) is 1.02. The summed E-state index contributed by atoms with van der Waals surface area (Å²) in [5, 5.41) is 22.6. The van der Waals surface area contributed by atoms with Crippen LogP contribution in [0.15, 0.2) is 24.3 Å². The zero-order valence-electron chi connectivity index (χ0n) is 10.4. The van der Waals surface area contributed by atoms with E-state index in [0.29, 0.717) is 11.3 Å². The highest BCUT2D eigenvalue weighted by molar-refractivity contribution is 8.13. The van der Waals surface area contributed by atoms with E-state index < -0.39 is 12.2 Å². The number of carbonyl (C=O) groups excluding carboxylic acids is 1. The number of nitrogens with two attached hydrogens (primary N) is 1. The lowest BCUT2D eigenvalue weighted by molar-refractivity contribution is -0.109. The number of rotatable bonds is 5. The first-order valence-corrected chi connectivity index (χ1v) is 6.95. The van der Waals surface area contributed by atoms with Gasteiger partial charge >= 0.3 is 0 Å². The number of thiocarbonyl (C=S) groups is 1. The molecule has 0 aliphatic rings. The van der Waals surface area contributed by atoms with Crippen LogP contribution in [0.1, 0.15) is 18.6 Å². The number of aliphatic hydroxyl groups excluding tert-OH is 2. The Morgan fingerprint density at radius 3 is 2.79 bits per heavy atom. The number of aliphatic hydroxyl groups is 2. The lowest BCUT2D eigenvalue weighted by Crippen LogP contribution is -2.22. The fourth-order valence-corrected chi connectivity index (χ4v) is 2.16. The summed E-state index contributed by atoms with van der Waals surface area (Å²) >= 11 is 5.69. The summed E-state index contributed by atoms with van der Waals surface area (Å²) < 4.78 is 0. The average Bonchev–Trinajstić information content (AvgIpc) is 2.34. The van der Waals surface area contributed by atoms with E-state index in [1.54, 1.807) is 24.3 Å². The Morgan fingerprint density at radius 2 is 2.21 bits per heavy atom. The SMILES string of the molecule is CC(=O)SCC(O)C(O)c1cccc(NC(N)=S)c1. The van der Waals surface area contributed by atoms with Crippen LogP contribution in [0.5, 0.6) is 0 Å². The van der Waals surface area contributed by atoms with Gasteiger partial charge in [-0.1, -0.05) is 23.9 Å². The van der Waals surface area contributed by atoms with E-state index in [0.717, 1.165) is 11.8 Å². The Bertz CT molecular complexity index is 468. The van der Waals surface area contributed by atoms with E-state index in [1.165, 1.54) is 6.92 Å². The van der Waals surface area contributed by atoms with Crippen LogP contribution in [0.2, 0.25) is 0 Å². The van der Waals surface area contributed by atoms with Crippen molar-refractivity contribution in [3.8, 4) is 0 Å². The van der Waals surface area contributed by atoms with Gasteiger partial charge in [0, 0.05) is 18.4 Å². The van der Waals surface area contributed by atoms with Gasteiger partial charge < -0.3 is 21.3 Å². The Balaban J connectivity index is 2.72. The molecule has 0 aromatic heterocycles. The first-order chi connectivity index (χ1) is 8.90. The third kappa shape index (κ3) is 5.56. The summed E-state index contributed by atoms with van der Waals surface area (Å²) in [6.07, 6.45) is -2.09. The van der Waals surface area contributed by atoms with Crippen molar-refractivity contribution in [1.82, 2.24) is 0 Å². The van der Waals surface area contributed by atoms with E-state index in [9.17, 15) is 15.0 Å². The normalized spacial score (nSPS) is 13.6. The summed E-state index contributed by atoms with van der Waals surface area (Å²) in [6.45, 7) is 1.41. The number of benzene rings is 1. The van der Waals surface area contributed by atoms with Crippen molar-refractivity contribution in [3.05, 3.63) is 29.8 Å². The maximum Gasteiger partial charge on any atom is 0.185 e. The average molecular weight is 300 g/mol. The van der Waals surface area contributed by atoms with Gasteiger partial charge in [0.2, 0.25) is 0 Å². The second-order valence-corrected chi connectivity index (χ2v) is 5.57. The molecule has 1 aromatic carbocycles. The number of thioether (sulfide) groups is 1. The molecule has 0 saturated heterocycles. The van der Waals surface area contributed by atoms with Crippen LogP contribution in [0.25, 0.3) is 0 Å². The summed E-state index contributed by atoms with van der Waals surface area (Å²) in [4.78, 5) is 10.8. The van der Waals surface area contributed by atoms with E-state index in [2.05, 4.69) is 5.32 Å². The Hall–Kier alpha value is -1.15. The Labute approximate surface area is 121 Å². The van der Waals surface area contributed by atoms with E-state index in [4.69, 9.17) is 18.0 Å². The standard InChI is InChI=1S/C12H16N2O3S2/c1-7(15)19-6-10(16)11(17)8-3-2-4-9(5-8)14-12(13)18/h2-5,10-11,16-17H,6H2,1H3,(H3,13,14,18). The molecule has 7 heteroatoms. The van der Waals surface area contributed by atoms with Crippen molar-refractivity contribution in [3.63, 3.8) is 0 Å². The minimum absolute atomic E-state index is 0.102. The smallest absolute Gasteiger partial charge is 0.185 e. The fourth-order valence-electron chi connectivity index (χ4n) is 1.46. The molecule has 0 fully saturated rings. The maximum absolute atomic E-state index is 10.8. The van der Waals surface area contributed by atoms with Crippen LogP contribution in [0.3, 0.4) is 0 Å². The molecule has 1 aromatic rings. The first kappa shape index (κ1) is 15.9. The molecular formula is C12H16N2O3S2. The highest BCUT2D eigenvalue weighted by atomic mass is 32.2. The summed E-state index contributed by atoms with van der Waals surface area (Å²) in [5.41, 5.74) is 6.52. The highest BCUT2D eigenvalue weighted by Gasteiger charge is 2.19. The molecule has 0 aliphatic carbocycles. The van der Waals surface area contributed by atoms with Gasteiger partial charge in [-0.15, -0.1) is 0 Å². The second kappa shape index (κ2) is 7.44. The van der Waals surface area contributed by atoms with Crippen LogP contribution in [0.4, 0.5) is 5.69 Å². The molecule has 0 heterocycles. The van der Waals surface area contributed by atoms with Crippen molar-refractivity contribution >= 4 is 39.9 Å². The van der Waals surface area contributed by atoms with Gasteiger partial charge in [-0.25, -0.2) is 0 Å². The molecule has 104 valence electrons. The van der Waals surface area contributed by atoms with Crippen LogP contribution in [-0.4, -0.2) is 32.3 Å². The fraction of sp³-hybridized carbons (Fsp3) is 0.333. The maximum atomic E-state index is 10.8. The highest BCUT2D eigenvalue weighted by Crippen LogP contribution is 2.22. The molecule has 0 bridgehead atoms. The molecule has 1 rings (SSSR count). The molecule has 0 spiro atoms. The van der Waals surface area contributed by atoms with E-state index >= 15 is 0 Å². The van der Waals surface area contributed by atoms with Gasteiger partial charge in [0.25, 0.3) is 0 Å². The van der Waals surface area contributed by atoms with Gasteiger partial charge in [-0.3, -0.25) is 4.79 Å². The van der Waals surface area contributed by atoms with Crippen LogP contribution < -0.4 is 11.1 Å². The lowest BCUT2D eigenvalue weighted by Gasteiger charge is -2.18. The molecule has 0 amide bonds. The molecule has 5 N–H and O–H groups in total. The first-order valence-electron chi connectivity index (χ1n) is 5.56. The zero-order valence-corrected chi connectivity index (χ0v) is 12.0. The van der Waals surface area contributed by atoms with Crippen molar-refractivity contribution in [1.29, 1.82) is 0 Å². The monoisotopic (exact) mass is 300 g/mol. The molecule has 2 unspecified atom stereocenters. The molecular weight excluding hydrogens is 284 g/mol. The van der Waals surface area contributed by atoms with Gasteiger partial charge in [0.05, 0.1) is 6.10 Å². The van der Waals surface area contributed by atoms with Crippen molar-refractivity contribution in [2.24, 2.45) is 5.73 Å². The summed E-state index contributed by atoms with van der Waals surface area (Å²) in [6, 6.07) is 6.78. The van der Waals surface area contributed by atoms with Crippen LogP contribution in [0, 0.1) is 0 Å². The molecule has 0 radical (unpaired) electrons. The topological polar surface area (TPSA) is 95.6 Å². The number of hydrogen-bond acceptors (Lipinski definition) is 5. The van der Waals surface area contributed by atoms with Gasteiger partial charge in [0.15, 0.2) is 10.2 Å². The molecule has 0 saturated carbocycles. The van der Waals surface area contributed by atoms with E-state index in [1.807, 2.05) is 0 Å². The van der Waals surface area contributed by atoms with E-state index in [-0.39, 0.29) is 16.0 Å². The Kier molecular flexibility index (Phi) is 6.23. The van der Waals surface area contributed by atoms with Crippen LogP contribution in [-0.2, 0) is 4.79 Å². The Morgan fingerprint density at radius 1 is 1.53 bits per heavy atom. The molecule has 2 atom stereocenters. The van der Waals surface area contributed by atoms with Crippen molar-refractivity contribution in [2.45, 2.75) is 19.1 Å². The second-order valence-electron chi connectivity index (χ2n) is 3.93. The third-order valence-electron chi connectivity index (χ3n) is 2.32. The zero-order chi connectivity index (χ0) is 14.4. The van der Waals surface area contributed by atoms with Crippen molar-refractivity contribution < 1.29 is 15.0 Å². The van der Waals surface area contributed by atoms with Gasteiger partial charge in [-0.05, 0) is 29.9 Å².